The molecule has 1 rings (SSSR count). The first kappa shape index (κ1) is 15.0. The SMILES string of the molecule is CCCNc1ncc(N)c(N[C@H](C)CCC(=O)O)n1. The van der Waals surface area contributed by atoms with E-state index < -0.39 is 5.97 Å². The van der Waals surface area contributed by atoms with Crippen molar-refractivity contribution in [2.75, 3.05) is 22.9 Å². The summed E-state index contributed by atoms with van der Waals surface area (Å²) in [5, 5.41) is 14.8. The zero-order valence-electron chi connectivity index (χ0n) is 11.3. The van der Waals surface area contributed by atoms with E-state index in [-0.39, 0.29) is 12.5 Å². The topological polar surface area (TPSA) is 113 Å². The number of carboxylic acids is 1. The molecule has 7 heteroatoms. The first-order chi connectivity index (χ1) is 9.02. The van der Waals surface area contributed by atoms with E-state index in [0.717, 1.165) is 13.0 Å². The molecule has 1 heterocycles. The Kier molecular flexibility index (Phi) is 5.84. The molecule has 1 atom stereocenters. The Morgan fingerprint density at radius 2 is 2.32 bits per heavy atom. The molecular formula is C12H21N5O2. The fraction of sp³-hybridized carbons (Fsp3) is 0.583. The number of nitrogens with one attached hydrogen (secondary N) is 2. The van der Waals surface area contributed by atoms with Crippen LogP contribution >= 0.6 is 0 Å². The third-order valence-corrected chi connectivity index (χ3v) is 2.52. The molecule has 0 bridgehead atoms. The Morgan fingerprint density at radius 3 is 2.95 bits per heavy atom. The summed E-state index contributed by atoms with van der Waals surface area (Å²) < 4.78 is 0. The molecule has 19 heavy (non-hydrogen) atoms. The predicted octanol–water partition coefficient (Wildman–Crippen LogP) is 1.55. The molecular weight excluding hydrogens is 246 g/mol. The van der Waals surface area contributed by atoms with Crippen LogP contribution in [0.4, 0.5) is 17.5 Å². The normalized spacial score (nSPS) is 11.9. The van der Waals surface area contributed by atoms with E-state index in [4.69, 9.17) is 10.8 Å². The van der Waals surface area contributed by atoms with Crippen LogP contribution in [0.25, 0.3) is 0 Å². The largest absolute Gasteiger partial charge is 0.481 e. The molecule has 0 aliphatic rings. The van der Waals surface area contributed by atoms with E-state index in [1.165, 1.54) is 6.20 Å². The molecule has 0 aliphatic heterocycles. The molecule has 7 nitrogen and oxygen atoms in total. The van der Waals surface area contributed by atoms with Crippen molar-refractivity contribution in [3.8, 4) is 0 Å². The number of nitrogens with two attached hydrogens (primary N) is 1. The van der Waals surface area contributed by atoms with Gasteiger partial charge in [-0.25, -0.2) is 4.98 Å². The lowest BCUT2D eigenvalue weighted by atomic mass is 10.2. The summed E-state index contributed by atoms with van der Waals surface area (Å²) >= 11 is 0. The second-order valence-corrected chi connectivity index (χ2v) is 4.40. The highest BCUT2D eigenvalue weighted by Crippen LogP contribution is 2.17. The average Bonchev–Trinajstić information content (AvgIpc) is 2.37. The van der Waals surface area contributed by atoms with Crippen LogP contribution in [0.1, 0.15) is 33.1 Å². The molecule has 0 amide bonds. The van der Waals surface area contributed by atoms with E-state index in [2.05, 4.69) is 27.5 Å². The van der Waals surface area contributed by atoms with Gasteiger partial charge in [0.05, 0.1) is 11.9 Å². The van der Waals surface area contributed by atoms with Crippen molar-refractivity contribution in [2.45, 2.75) is 39.2 Å². The monoisotopic (exact) mass is 267 g/mol. The van der Waals surface area contributed by atoms with Gasteiger partial charge in [0.15, 0.2) is 5.82 Å². The summed E-state index contributed by atoms with van der Waals surface area (Å²) in [4.78, 5) is 18.9. The highest BCUT2D eigenvalue weighted by Gasteiger charge is 2.09. The number of rotatable bonds is 8. The maximum absolute atomic E-state index is 10.5. The molecule has 1 aromatic heterocycles. The predicted molar refractivity (Wildman–Crippen MR) is 75.2 cm³/mol. The molecule has 0 saturated heterocycles. The van der Waals surface area contributed by atoms with Crippen LogP contribution in [-0.2, 0) is 4.79 Å². The van der Waals surface area contributed by atoms with E-state index in [9.17, 15) is 4.79 Å². The van der Waals surface area contributed by atoms with Gasteiger partial charge in [-0.3, -0.25) is 4.79 Å². The molecule has 0 unspecified atom stereocenters. The second kappa shape index (κ2) is 7.40. The molecule has 0 spiro atoms. The first-order valence-corrected chi connectivity index (χ1v) is 6.37. The highest BCUT2D eigenvalue weighted by atomic mass is 16.4. The third-order valence-electron chi connectivity index (χ3n) is 2.52. The van der Waals surface area contributed by atoms with Gasteiger partial charge in [-0.15, -0.1) is 0 Å². The first-order valence-electron chi connectivity index (χ1n) is 6.37. The zero-order valence-corrected chi connectivity index (χ0v) is 11.3. The highest BCUT2D eigenvalue weighted by molar-refractivity contribution is 5.67. The van der Waals surface area contributed by atoms with Crippen LogP contribution in [0.2, 0.25) is 0 Å². The van der Waals surface area contributed by atoms with Crippen LogP contribution in [0.5, 0.6) is 0 Å². The Balaban J connectivity index is 2.62. The van der Waals surface area contributed by atoms with Crippen LogP contribution in [0.3, 0.4) is 0 Å². The lowest BCUT2D eigenvalue weighted by Crippen LogP contribution is -2.19. The number of anilines is 3. The van der Waals surface area contributed by atoms with Gasteiger partial charge in [-0.05, 0) is 19.8 Å². The molecule has 1 aromatic rings. The molecule has 0 fully saturated rings. The van der Waals surface area contributed by atoms with Gasteiger partial charge in [-0.1, -0.05) is 6.92 Å². The van der Waals surface area contributed by atoms with Gasteiger partial charge in [0, 0.05) is 19.0 Å². The van der Waals surface area contributed by atoms with Crippen molar-refractivity contribution in [2.24, 2.45) is 0 Å². The summed E-state index contributed by atoms with van der Waals surface area (Å²) in [7, 11) is 0. The maximum atomic E-state index is 10.5. The van der Waals surface area contributed by atoms with E-state index in [1.807, 2.05) is 6.92 Å². The minimum absolute atomic E-state index is 0.0210. The lowest BCUT2D eigenvalue weighted by molar-refractivity contribution is -0.137. The number of hydrogen-bond donors (Lipinski definition) is 4. The van der Waals surface area contributed by atoms with Crippen molar-refractivity contribution >= 4 is 23.4 Å². The van der Waals surface area contributed by atoms with Crippen molar-refractivity contribution in [3.63, 3.8) is 0 Å². The van der Waals surface area contributed by atoms with Crippen molar-refractivity contribution < 1.29 is 9.90 Å². The van der Waals surface area contributed by atoms with Gasteiger partial charge in [0.1, 0.15) is 0 Å². The van der Waals surface area contributed by atoms with Gasteiger partial charge >= 0.3 is 5.97 Å². The van der Waals surface area contributed by atoms with E-state index in [1.54, 1.807) is 0 Å². The van der Waals surface area contributed by atoms with Crippen molar-refractivity contribution in [1.29, 1.82) is 0 Å². The quantitative estimate of drug-likeness (QED) is 0.565. The van der Waals surface area contributed by atoms with E-state index >= 15 is 0 Å². The number of aliphatic carboxylic acids is 1. The fourth-order valence-electron chi connectivity index (χ4n) is 1.47. The molecule has 106 valence electrons. The summed E-state index contributed by atoms with van der Waals surface area (Å²) in [6.45, 7) is 4.74. The Hall–Kier alpha value is -2.05. The standard InChI is InChI=1S/C12H21N5O2/c1-3-6-14-12-15-7-9(13)11(17-12)16-8(2)4-5-10(18)19/h7-8H,3-6,13H2,1-2H3,(H,18,19)(H2,14,15,16,17)/t8-/m1/s1. The number of aromatic nitrogens is 2. The number of hydrogen-bond acceptors (Lipinski definition) is 6. The summed E-state index contributed by atoms with van der Waals surface area (Å²) in [5.41, 5.74) is 6.24. The van der Waals surface area contributed by atoms with Crippen molar-refractivity contribution in [1.82, 2.24) is 9.97 Å². The average molecular weight is 267 g/mol. The number of carbonyl (C=O) groups is 1. The summed E-state index contributed by atoms with van der Waals surface area (Å²) in [6.07, 6.45) is 3.14. The minimum atomic E-state index is -0.811. The van der Waals surface area contributed by atoms with Gasteiger partial charge in [0.2, 0.25) is 5.95 Å². The number of nitrogen functional groups attached to an aromatic ring is 1. The molecule has 0 saturated carbocycles. The molecule has 0 radical (unpaired) electrons. The third kappa shape index (κ3) is 5.41. The smallest absolute Gasteiger partial charge is 0.303 e. The molecule has 5 N–H and O–H groups in total. The van der Waals surface area contributed by atoms with Gasteiger partial charge in [-0.2, -0.15) is 4.98 Å². The Bertz CT molecular complexity index is 425. The number of nitrogens with zero attached hydrogens (tertiary/aromatic N) is 2. The zero-order chi connectivity index (χ0) is 14.3. The second-order valence-electron chi connectivity index (χ2n) is 4.40. The van der Waals surface area contributed by atoms with E-state index in [0.29, 0.717) is 23.9 Å². The molecule has 0 aromatic carbocycles. The Labute approximate surface area is 112 Å². The number of carboxylic acid groups (broad SMARTS) is 1. The van der Waals surface area contributed by atoms with Gasteiger partial charge < -0.3 is 21.5 Å². The van der Waals surface area contributed by atoms with Crippen LogP contribution < -0.4 is 16.4 Å². The lowest BCUT2D eigenvalue weighted by Gasteiger charge is -2.15. The Morgan fingerprint density at radius 1 is 1.58 bits per heavy atom. The minimum Gasteiger partial charge on any atom is -0.481 e. The van der Waals surface area contributed by atoms with Gasteiger partial charge in [0.25, 0.3) is 0 Å². The summed E-state index contributed by atoms with van der Waals surface area (Å²) in [6, 6.07) is -0.0210. The van der Waals surface area contributed by atoms with Crippen LogP contribution in [0, 0.1) is 0 Å². The van der Waals surface area contributed by atoms with Crippen molar-refractivity contribution in [3.05, 3.63) is 6.20 Å². The summed E-state index contributed by atoms with van der Waals surface area (Å²) in [5.74, 6) is 0.241. The maximum Gasteiger partial charge on any atom is 0.303 e. The van der Waals surface area contributed by atoms with Crippen LogP contribution in [0.15, 0.2) is 6.20 Å². The molecule has 0 aliphatic carbocycles. The van der Waals surface area contributed by atoms with Crippen LogP contribution in [-0.4, -0.2) is 33.6 Å². The fourth-order valence-corrected chi connectivity index (χ4v) is 1.47.